The summed E-state index contributed by atoms with van der Waals surface area (Å²) in [6.45, 7) is 3.65. The van der Waals surface area contributed by atoms with Crippen molar-refractivity contribution in [1.29, 1.82) is 0 Å². The highest BCUT2D eigenvalue weighted by molar-refractivity contribution is 6.32. The van der Waals surface area contributed by atoms with Gasteiger partial charge in [0.2, 0.25) is 0 Å². The number of esters is 1. The molecule has 0 bridgehead atoms. The SMILES string of the molecule is COc1cc(C(=O)OCC(=O)Nc2ccccc2C(C)C)cc(Cl)c1OC. The fourth-order valence-electron chi connectivity index (χ4n) is 2.55. The maximum absolute atomic E-state index is 12.2. The molecular formula is C20H22ClNO5. The number of benzene rings is 2. The normalized spacial score (nSPS) is 10.4. The molecule has 1 amide bonds. The average molecular weight is 392 g/mol. The first-order valence-electron chi connectivity index (χ1n) is 8.34. The number of ether oxygens (including phenoxy) is 3. The number of amides is 1. The van der Waals surface area contributed by atoms with Gasteiger partial charge >= 0.3 is 5.97 Å². The van der Waals surface area contributed by atoms with E-state index in [0.29, 0.717) is 17.2 Å². The third-order valence-electron chi connectivity index (χ3n) is 3.86. The molecule has 0 atom stereocenters. The monoisotopic (exact) mass is 391 g/mol. The number of rotatable bonds is 7. The molecule has 27 heavy (non-hydrogen) atoms. The van der Waals surface area contributed by atoms with Crippen molar-refractivity contribution in [1.82, 2.24) is 0 Å². The molecule has 0 saturated carbocycles. The van der Waals surface area contributed by atoms with Gasteiger partial charge < -0.3 is 19.5 Å². The maximum atomic E-state index is 12.2. The number of carbonyl (C=O) groups excluding carboxylic acids is 2. The van der Waals surface area contributed by atoms with Crippen molar-refractivity contribution in [2.45, 2.75) is 19.8 Å². The number of halogens is 1. The minimum atomic E-state index is -0.690. The van der Waals surface area contributed by atoms with Gasteiger partial charge in [-0.25, -0.2) is 4.79 Å². The molecule has 0 aromatic heterocycles. The topological polar surface area (TPSA) is 73.9 Å². The van der Waals surface area contributed by atoms with Crippen LogP contribution in [0, 0.1) is 0 Å². The Kier molecular flexibility index (Phi) is 7.07. The van der Waals surface area contributed by atoms with Gasteiger partial charge in [-0.1, -0.05) is 43.6 Å². The molecule has 7 heteroatoms. The molecule has 0 heterocycles. The Morgan fingerprint density at radius 3 is 2.44 bits per heavy atom. The minimum absolute atomic E-state index is 0.160. The van der Waals surface area contributed by atoms with Gasteiger partial charge in [0.1, 0.15) is 0 Å². The van der Waals surface area contributed by atoms with E-state index < -0.39 is 18.5 Å². The smallest absolute Gasteiger partial charge is 0.338 e. The summed E-state index contributed by atoms with van der Waals surface area (Å²) in [5, 5.41) is 2.97. The number of methoxy groups -OCH3 is 2. The van der Waals surface area contributed by atoms with E-state index in [-0.39, 0.29) is 16.5 Å². The van der Waals surface area contributed by atoms with Crippen LogP contribution in [0.15, 0.2) is 36.4 Å². The molecule has 0 saturated heterocycles. The van der Waals surface area contributed by atoms with Crippen LogP contribution in [0.3, 0.4) is 0 Å². The standard InChI is InChI=1S/C20H22ClNO5/c1-12(2)14-7-5-6-8-16(14)22-18(23)11-27-20(24)13-9-15(21)19(26-4)17(10-13)25-3/h5-10,12H,11H2,1-4H3,(H,22,23). The first kappa shape index (κ1) is 20.6. The lowest BCUT2D eigenvalue weighted by atomic mass is 10.0. The molecule has 144 valence electrons. The van der Waals surface area contributed by atoms with Crippen LogP contribution in [0.4, 0.5) is 5.69 Å². The lowest BCUT2D eigenvalue weighted by Crippen LogP contribution is -2.21. The second-order valence-corrected chi connectivity index (χ2v) is 6.47. The number of carbonyl (C=O) groups is 2. The average Bonchev–Trinajstić information content (AvgIpc) is 2.65. The van der Waals surface area contributed by atoms with Gasteiger partial charge in [0.05, 0.1) is 24.8 Å². The predicted molar refractivity (Wildman–Crippen MR) is 104 cm³/mol. The summed E-state index contributed by atoms with van der Waals surface area (Å²) in [5.74, 6) is -0.253. The summed E-state index contributed by atoms with van der Waals surface area (Å²) in [6.07, 6.45) is 0. The van der Waals surface area contributed by atoms with E-state index in [0.717, 1.165) is 5.56 Å². The van der Waals surface area contributed by atoms with Gasteiger partial charge in [-0.15, -0.1) is 0 Å². The van der Waals surface area contributed by atoms with E-state index in [4.69, 9.17) is 25.8 Å². The van der Waals surface area contributed by atoms with Crippen molar-refractivity contribution in [3.05, 3.63) is 52.5 Å². The van der Waals surface area contributed by atoms with Crippen molar-refractivity contribution < 1.29 is 23.8 Å². The number of anilines is 1. The molecule has 0 aliphatic rings. The van der Waals surface area contributed by atoms with Crippen LogP contribution >= 0.6 is 11.6 Å². The van der Waals surface area contributed by atoms with Crippen molar-refractivity contribution >= 4 is 29.2 Å². The fraction of sp³-hybridized carbons (Fsp3) is 0.300. The molecule has 0 unspecified atom stereocenters. The van der Waals surface area contributed by atoms with Crippen LogP contribution in [0.1, 0.15) is 35.7 Å². The van der Waals surface area contributed by atoms with Crippen molar-refractivity contribution in [3.8, 4) is 11.5 Å². The zero-order valence-electron chi connectivity index (χ0n) is 15.7. The van der Waals surface area contributed by atoms with Crippen LogP contribution in [0.25, 0.3) is 0 Å². The van der Waals surface area contributed by atoms with E-state index in [9.17, 15) is 9.59 Å². The molecule has 1 N–H and O–H groups in total. The van der Waals surface area contributed by atoms with E-state index >= 15 is 0 Å². The number of hydrogen-bond donors (Lipinski definition) is 1. The van der Waals surface area contributed by atoms with Crippen molar-refractivity contribution in [2.75, 3.05) is 26.1 Å². The molecule has 0 fully saturated rings. The molecular weight excluding hydrogens is 370 g/mol. The van der Waals surface area contributed by atoms with Crippen LogP contribution in [0.2, 0.25) is 5.02 Å². The Morgan fingerprint density at radius 1 is 1.11 bits per heavy atom. The lowest BCUT2D eigenvalue weighted by Gasteiger charge is -2.14. The Labute approximate surface area is 163 Å². The Morgan fingerprint density at radius 2 is 1.81 bits per heavy atom. The zero-order chi connectivity index (χ0) is 20.0. The summed E-state index contributed by atoms with van der Waals surface area (Å²) in [7, 11) is 2.88. The van der Waals surface area contributed by atoms with Gasteiger partial charge in [0.15, 0.2) is 18.1 Å². The van der Waals surface area contributed by atoms with Gasteiger partial charge in [0.25, 0.3) is 5.91 Å². The van der Waals surface area contributed by atoms with Crippen LogP contribution in [0.5, 0.6) is 11.5 Å². The molecule has 0 aliphatic heterocycles. The van der Waals surface area contributed by atoms with E-state index in [1.165, 1.54) is 26.4 Å². The highest BCUT2D eigenvalue weighted by atomic mass is 35.5. The fourth-order valence-corrected chi connectivity index (χ4v) is 2.84. The predicted octanol–water partition coefficient (Wildman–Crippen LogP) is 4.28. The highest BCUT2D eigenvalue weighted by Crippen LogP contribution is 2.36. The van der Waals surface area contributed by atoms with E-state index in [2.05, 4.69) is 5.32 Å². The number of nitrogens with one attached hydrogen (secondary N) is 1. The summed E-state index contributed by atoms with van der Waals surface area (Å²) in [6, 6.07) is 10.3. The summed E-state index contributed by atoms with van der Waals surface area (Å²) in [4.78, 5) is 24.4. The van der Waals surface area contributed by atoms with Crippen LogP contribution in [-0.2, 0) is 9.53 Å². The molecule has 2 aromatic rings. The van der Waals surface area contributed by atoms with Gasteiger partial charge in [-0.2, -0.15) is 0 Å². The second kappa shape index (κ2) is 9.28. The molecule has 0 aliphatic carbocycles. The van der Waals surface area contributed by atoms with E-state index in [1.807, 2.05) is 38.1 Å². The zero-order valence-corrected chi connectivity index (χ0v) is 16.4. The highest BCUT2D eigenvalue weighted by Gasteiger charge is 2.17. The molecule has 0 spiro atoms. The summed E-state index contributed by atoms with van der Waals surface area (Å²) >= 11 is 6.08. The van der Waals surface area contributed by atoms with Crippen molar-refractivity contribution in [3.63, 3.8) is 0 Å². The Hall–Kier alpha value is -2.73. The van der Waals surface area contributed by atoms with Crippen LogP contribution < -0.4 is 14.8 Å². The first-order valence-corrected chi connectivity index (χ1v) is 8.72. The van der Waals surface area contributed by atoms with Crippen LogP contribution in [-0.4, -0.2) is 32.7 Å². The summed E-state index contributed by atoms with van der Waals surface area (Å²) in [5.41, 5.74) is 1.86. The number of para-hydroxylation sites is 1. The first-order chi connectivity index (χ1) is 12.9. The molecule has 0 radical (unpaired) electrons. The third-order valence-corrected chi connectivity index (χ3v) is 4.14. The van der Waals surface area contributed by atoms with Crippen molar-refractivity contribution in [2.24, 2.45) is 0 Å². The van der Waals surface area contributed by atoms with Gasteiger partial charge in [-0.05, 0) is 29.7 Å². The maximum Gasteiger partial charge on any atom is 0.338 e. The molecule has 6 nitrogen and oxygen atoms in total. The minimum Gasteiger partial charge on any atom is -0.493 e. The quantitative estimate of drug-likeness (QED) is 0.713. The van der Waals surface area contributed by atoms with Gasteiger partial charge in [0, 0.05) is 5.69 Å². The third kappa shape index (κ3) is 5.14. The van der Waals surface area contributed by atoms with E-state index in [1.54, 1.807) is 0 Å². The largest absolute Gasteiger partial charge is 0.493 e. The summed E-state index contributed by atoms with van der Waals surface area (Å²) < 4.78 is 15.4. The Balaban J connectivity index is 2.04. The number of hydrogen-bond acceptors (Lipinski definition) is 5. The molecule has 2 aromatic carbocycles. The molecule has 2 rings (SSSR count). The second-order valence-electron chi connectivity index (χ2n) is 6.06. The van der Waals surface area contributed by atoms with Gasteiger partial charge in [-0.3, -0.25) is 4.79 Å². The lowest BCUT2D eigenvalue weighted by molar-refractivity contribution is -0.119. The Bertz CT molecular complexity index is 835.